The summed E-state index contributed by atoms with van der Waals surface area (Å²) in [6.45, 7) is 6.54. The molecule has 160 valence electrons. The van der Waals surface area contributed by atoms with Gasteiger partial charge >= 0.3 is 11.8 Å². The van der Waals surface area contributed by atoms with Gasteiger partial charge in [0, 0.05) is 24.8 Å². The van der Waals surface area contributed by atoms with Crippen molar-refractivity contribution in [2.24, 2.45) is 0 Å². The van der Waals surface area contributed by atoms with Gasteiger partial charge in [-0.2, -0.15) is 0 Å². The first-order valence-electron chi connectivity index (χ1n) is 9.78. The molecule has 0 saturated heterocycles. The quantitative estimate of drug-likeness (QED) is 0.548. The second kappa shape index (κ2) is 11.5. The molecule has 0 saturated carbocycles. The van der Waals surface area contributed by atoms with Gasteiger partial charge in [0.25, 0.3) is 0 Å². The summed E-state index contributed by atoms with van der Waals surface area (Å²) in [5, 5.41) is 7.72. The van der Waals surface area contributed by atoms with Gasteiger partial charge in [-0.05, 0) is 56.2 Å². The van der Waals surface area contributed by atoms with Crippen LogP contribution in [-0.2, 0) is 20.8 Å². The van der Waals surface area contributed by atoms with E-state index in [4.69, 9.17) is 9.47 Å². The van der Waals surface area contributed by atoms with Crippen LogP contribution in [0.5, 0.6) is 11.5 Å². The van der Waals surface area contributed by atoms with Gasteiger partial charge in [0.2, 0.25) is 5.91 Å². The number of anilines is 2. The average Bonchev–Trinajstić information content (AvgIpc) is 2.70. The Bertz CT molecular complexity index is 898. The predicted octanol–water partition coefficient (Wildman–Crippen LogP) is 2.74. The number of ether oxygens (including phenoxy) is 2. The van der Waals surface area contributed by atoms with Crippen LogP contribution in [0.2, 0.25) is 0 Å². The molecular weight excluding hydrogens is 386 g/mol. The zero-order valence-corrected chi connectivity index (χ0v) is 17.4. The average molecular weight is 413 g/mol. The van der Waals surface area contributed by atoms with Crippen molar-refractivity contribution in [3.8, 4) is 11.5 Å². The lowest BCUT2D eigenvalue weighted by atomic mass is 10.1. The van der Waals surface area contributed by atoms with Crippen molar-refractivity contribution in [2.45, 2.75) is 27.2 Å². The van der Waals surface area contributed by atoms with Crippen molar-refractivity contribution in [2.75, 3.05) is 30.4 Å². The van der Waals surface area contributed by atoms with Gasteiger partial charge in [-0.3, -0.25) is 14.4 Å². The number of hydrogen-bond donors (Lipinski definition) is 3. The highest BCUT2D eigenvalue weighted by molar-refractivity contribution is 6.39. The van der Waals surface area contributed by atoms with E-state index in [9.17, 15) is 14.4 Å². The molecule has 0 aliphatic heterocycles. The maximum Gasteiger partial charge on any atom is 0.313 e. The normalized spacial score (nSPS) is 10.1. The molecule has 3 N–H and O–H groups in total. The van der Waals surface area contributed by atoms with Crippen LogP contribution < -0.4 is 25.4 Å². The second-order valence-corrected chi connectivity index (χ2v) is 6.37. The molecule has 0 bridgehead atoms. The predicted molar refractivity (Wildman–Crippen MR) is 115 cm³/mol. The summed E-state index contributed by atoms with van der Waals surface area (Å²) in [5.41, 5.74) is 1.89. The molecule has 2 aromatic carbocycles. The Hall–Kier alpha value is -3.55. The van der Waals surface area contributed by atoms with E-state index in [2.05, 4.69) is 16.0 Å². The van der Waals surface area contributed by atoms with E-state index in [-0.39, 0.29) is 12.5 Å². The van der Waals surface area contributed by atoms with Crippen molar-refractivity contribution in [3.05, 3.63) is 48.0 Å². The number of carbonyl (C=O) groups excluding carboxylic acids is 3. The third-order valence-electron chi connectivity index (χ3n) is 3.95. The summed E-state index contributed by atoms with van der Waals surface area (Å²) in [6, 6.07) is 12.2. The monoisotopic (exact) mass is 413 g/mol. The maximum atomic E-state index is 12.1. The third kappa shape index (κ3) is 7.12. The Kier molecular flexibility index (Phi) is 8.68. The standard InChI is InChI=1S/C22H27N3O5/c1-4-29-19-10-9-16(13-20(19)30-5-2)11-12-23-21(27)22(28)25-18-8-6-7-17(14-18)24-15(3)26/h6-10,13-14H,4-5,11-12H2,1-3H3,(H,23,27)(H,24,26)(H,25,28). The summed E-state index contributed by atoms with van der Waals surface area (Å²) in [7, 11) is 0. The SMILES string of the molecule is CCOc1ccc(CCNC(=O)C(=O)Nc2cccc(NC(C)=O)c2)cc1OCC. The summed E-state index contributed by atoms with van der Waals surface area (Å²) in [6.07, 6.45) is 0.531. The highest BCUT2D eigenvalue weighted by atomic mass is 16.5. The number of benzene rings is 2. The van der Waals surface area contributed by atoms with E-state index in [1.54, 1.807) is 24.3 Å². The van der Waals surface area contributed by atoms with Crippen molar-refractivity contribution < 1.29 is 23.9 Å². The minimum atomic E-state index is -0.781. The van der Waals surface area contributed by atoms with Crippen LogP contribution in [0, 0.1) is 0 Å². The van der Waals surface area contributed by atoms with Crippen LogP contribution in [0.25, 0.3) is 0 Å². The molecule has 0 aliphatic carbocycles. The minimum absolute atomic E-state index is 0.224. The van der Waals surface area contributed by atoms with Crippen LogP contribution in [0.1, 0.15) is 26.3 Å². The van der Waals surface area contributed by atoms with E-state index in [0.717, 1.165) is 5.56 Å². The number of amides is 3. The van der Waals surface area contributed by atoms with Crippen LogP contribution >= 0.6 is 0 Å². The van der Waals surface area contributed by atoms with Gasteiger partial charge in [0.05, 0.1) is 13.2 Å². The summed E-state index contributed by atoms with van der Waals surface area (Å²) in [4.78, 5) is 35.3. The van der Waals surface area contributed by atoms with Crippen molar-refractivity contribution in [1.29, 1.82) is 0 Å². The smallest absolute Gasteiger partial charge is 0.313 e. The van der Waals surface area contributed by atoms with E-state index < -0.39 is 11.8 Å². The maximum absolute atomic E-state index is 12.1. The van der Waals surface area contributed by atoms with Gasteiger partial charge in [0.15, 0.2) is 11.5 Å². The minimum Gasteiger partial charge on any atom is -0.490 e. The van der Waals surface area contributed by atoms with Crippen molar-refractivity contribution >= 4 is 29.1 Å². The molecular formula is C22H27N3O5. The zero-order valence-electron chi connectivity index (χ0n) is 17.4. The molecule has 0 aliphatic rings. The second-order valence-electron chi connectivity index (χ2n) is 6.37. The van der Waals surface area contributed by atoms with Crippen molar-refractivity contribution in [1.82, 2.24) is 5.32 Å². The molecule has 0 fully saturated rings. The fraction of sp³-hybridized carbons (Fsp3) is 0.318. The largest absolute Gasteiger partial charge is 0.490 e. The van der Waals surface area contributed by atoms with Gasteiger partial charge in [-0.15, -0.1) is 0 Å². The molecule has 0 radical (unpaired) electrons. The molecule has 30 heavy (non-hydrogen) atoms. The van der Waals surface area contributed by atoms with Gasteiger partial charge in [0.1, 0.15) is 0 Å². The highest BCUT2D eigenvalue weighted by Crippen LogP contribution is 2.28. The summed E-state index contributed by atoms with van der Waals surface area (Å²) >= 11 is 0. The topological polar surface area (TPSA) is 106 Å². The van der Waals surface area contributed by atoms with E-state index in [1.165, 1.54) is 6.92 Å². The van der Waals surface area contributed by atoms with Crippen molar-refractivity contribution in [3.63, 3.8) is 0 Å². The van der Waals surface area contributed by atoms with Crippen LogP contribution in [-0.4, -0.2) is 37.5 Å². The Morgan fingerprint density at radius 2 is 1.50 bits per heavy atom. The molecule has 3 amide bonds. The first kappa shape index (κ1) is 22.7. The molecule has 2 rings (SSSR count). The molecule has 8 heteroatoms. The lowest BCUT2D eigenvalue weighted by Gasteiger charge is -2.12. The Labute approximate surface area is 175 Å². The van der Waals surface area contributed by atoms with E-state index >= 15 is 0 Å². The molecule has 0 heterocycles. The number of carbonyl (C=O) groups is 3. The Morgan fingerprint density at radius 3 is 2.17 bits per heavy atom. The fourth-order valence-electron chi connectivity index (χ4n) is 2.72. The molecule has 0 atom stereocenters. The van der Waals surface area contributed by atoms with Crippen LogP contribution in [0.4, 0.5) is 11.4 Å². The lowest BCUT2D eigenvalue weighted by molar-refractivity contribution is -0.136. The van der Waals surface area contributed by atoms with E-state index in [0.29, 0.717) is 42.5 Å². The molecule has 0 aromatic heterocycles. The van der Waals surface area contributed by atoms with Gasteiger partial charge in [-0.1, -0.05) is 12.1 Å². The molecule has 0 unspecified atom stereocenters. The van der Waals surface area contributed by atoms with E-state index in [1.807, 2.05) is 32.0 Å². The number of nitrogens with one attached hydrogen (secondary N) is 3. The first-order chi connectivity index (χ1) is 14.4. The summed E-state index contributed by atoms with van der Waals surface area (Å²) in [5.74, 6) is -0.418. The number of rotatable bonds is 9. The first-order valence-corrected chi connectivity index (χ1v) is 9.78. The van der Waals surface area contributed by atoms with Crippen LogP contribution in [0.15, 0.2) is 42.5 Å². The molecule has 0 spiro atoms. The molecule has 2 aromatic rings. The Morgan fingerprint density at radius 1 is 0.833 bits per heavy atom. The number of hydrogen-bond acceptors (Lipinski definition) is 5. The zero-order chi connectivity index (χ0) is 21.9. The van der Waals surface area contributed by atoms with Gasteiger partial charge in [-0.25, -0.2) is 0 Å². The van der Waals surface area contributed by atoms with Crippen LogP contribution in [0.3, 0.4) is 0 Å². The Balaban J connectivity index is 1.87. The lowest BCUT2D eigenvalue weighted by Crippen LogP contribution is -2.36. The third-order valence-corrected chi connectivity index (χ3v) is 3.95. The fourth-order valence-corrected chi connectivity index (χ4v) is 2.72. The highest BCUT2D eigenvalue weighted by Gasteiger charge is 2.14. The van der Waals surface area contributed by atoms with Gasteiger partial charge < -0.3 is 25.4 Å². The summed E-state index contributed by atoms with van der Waals surface area (Å²) < 4.78 is 11.1. The molecule has 8 nitrogen and oxygen atoms in total.